The summed E-state index contributed by atoms with van der Waals surface area (Å²) in [4.78, 5) is 20.9. The lowest BCUT2D eigenvalue weighted by molar-refractivity contribution is -0.122. The molecule has 0 bridgehead atoms. The first-order valence-corrected chi connectivity index (χ1v) is 9.08. The van der Waals surface area contributed by atoms with Crippen LogP contribution in [-0.2, 0) is 4.79 Å². The Bertz CT molecular complexity index is 759. The summed E-state index contributed by atoms with van der Waals surface area (Å²) in [6.07, 6.45) is 6.91. The molecule has 0 saturated heterocycles. The average Bonchev–Trinajstić information content (AvgIpc) is 3.43. The standard InChI is InChI=1S/C19H27N5O/c1-3-4-9-19(2,12-22-18(25)13-7-8-13)24-15-11-16(20)23-14-6-5-10-21-17(14)15/h5-6,10-11,13H,3-4,7-9,12H2,1-2H3,(H,22,25)(H3,20,23,24). The van der Waals surface area contributed by atoms with Crippen LogP contribution in [0.3, 0.4) is 0 Å². The Labute approximate surface area is 148 Å². The number of fused-ring (bicyclic) bond motifs is 1. The van der Waals surface area contributed by atoms with E-state index in [0.717, 1.165) is 48.8 Å². The van der Waals surface area contributed by atoms with Gasteiger partial charge in [0.05, 0.1) is 16.7 Å². The number of unbranched alkanes of at least 4 members (excludes halogenated alkanes) is 1. The van der Waals surface area contributed by atoms with Crippen LogP contribution in [0.25, 0.3) is 11.0 Å². The second kappa shape index (κ2) is 7.25. The van der Waals surface area contributed by atoms with Gasteiger partial charge in [0, 0.05) is 24.7 Å². The largest absolute Gasteiger partial charge is 0.384 e. The van der Waals surface area contributed by atoms with Gasteiger partial charge in [-0.25, -0.2) is 4.98 Å². The summed E-state index contributed by atoms with van der Waals surface area (Å²) in [5.41, 5.74) is 8.13. The number of rotatable bonds is 8. The molecule has 1 amide bonds. The number of nitrogen functional groups attached to an aromatic ring is 1. The minimum absolute atomic E-state index is 0.168. The molecule has 134 valence electrons. The molecule has 25 heavy (non-hydrogen) atoms. The first-order chi connectivity index (χ1) is 12.0. The lowest BCUT2D eigenvalue weighted by atomic mass is 9.94. The van der Waals surface area contributed by atoms with Crippen LogP contribution in [0.1, 0.15) is 46.0 Å². The van der Waals surface area contributed by atoms with Crippen LogP contribution >= 0.6 is 0 Å². The summed E-state index contributed by atoms with van der Waals surface area (Å²) in [6.45, 7) is 4.89. The molecule has 3 rings (SSSR count). The highest BCUT2D eigenvalue weighted by molar-refractivity contribution is 5.89. The lowest BCUT2D eigenvalue weighted by Crippen LogP contribution is -2.47. The van der Waals surface area contributed by atoms with Gasteiger partial charge in [-0.3, -0.25) is 9.78 Å². The number of carbonyl (C=O) groups excluding carboxylic acids is 1. The minimum Gasteiger partial charge on any atom is -0.384 e. The third kappa shape index (κ3) is 4.38. The lowest BCUT2D eigenvalue weighted by Gasteiger charge is -2.33. The maximum Gasteiger partial charge on any atom is 0.223 e. The van der Waals surface area contributed by atoms with Crippen LogP contribution < -0.4 is 16.4 Å². The molecule has 1 saturated carbocycles. The maximum atomic E-state index is 12.1. The summed E-state index contributed by atoms with van der Waals surface area (Å²) >= 11 is 0. The second-order valence-corrected chi connectivity index (χ2v) is 7.25. The number of hydrogen-bond donors (Lipinski definition) is 3. The van der Waals surface area contributed by atoms with Crippen LogP contribution in [0.5, 0.6) is 0 Å². The van der Waals surface area contributed by atoms with Gasteiger partial charge in [-0.1, -0.05) is 19.8 Å². The minimum atomic E-state index is -0.265. The number of nitrogens with two attached hydrogens (primary N) is 1. The third-order valence-corrected chi connectivity index (χ3v) is 4.70. The van der Waals surface area contributed by atoms with Gasteiger partial charge in [0.25, 0.3) is 0 Å². The zero-order valence-electron chi connectivity index (χ0n) is 15.0. The molecule has 0 radical (unpaired) electrons. The van der Waals surface area contributed by atoms with Crippen molar-refractivity contribution in [1.29, 1.82) is 0 Å². The van der Waals surface area contributed by atoms with Crippen LogP contribution in [-0.4, -0.2) is 28.0 Å². The molecule has 2 aromatic heterocycles. The van der Waals surface area contributed by atoms with E-state index in [0.29, 0.717) is 12.4 Å². The highest BCUT2D eigenvalue weighted by Gasteiger charge is 2.32. The monoisotopic (exact) mass is 341 g/mol. The summed E-state index contributed by atoms with van der Waals surface area (Å²) < 4.78 is 0. The predicted octanol–water partition coefficient (Wildman–Crippen LogP) is 3.10. The van der Waals surface area contributed by atoms with Gasteiger partial charge in [0.2, 0.25) is 5.91 Å². The van der Waals surface area contributed by atoms with E-state index >= 15 is 0 Å². The number of aromatic nitrogens is 2. The van der Waals surface area contributed by atoms with Crippen LogP contribution in [0.2, 0.25) is 0 Å². The Kier molecular flexibility index (Phi) is 5.06. The number of amides is 1. The third-order valence-electron chi connectivity index (χ3n) is 4.70. The molecule has 0 aromatic carbocycles. The topological polar surface area (TPSA) is 92.9 Å². The van der Waals surface area contributed by atoms with E-state index in [1.165, 1.54) is 0 Å². The molecule has 1 unspecified atom stereocenters. The van der Waals surface area contributed by atoms with Crippen LogP contribution in [0.4, 0.5) is 11.5 Å². The molecule has 2 heterocycles. The van der Waals surface area contributed by atoms with Crippen molar-refractivity contribution < 1.29 is 4.79 Å². The fourth-order valence-corrected chi connectivity index (χ4v) is 3.04. The number of pyridine rings is 2. The van der Waals surface area contributed by atoms with Crippen molar-refractivity contribution in [3.63, 3.8) is 0 Å². The van der Waals surface area contributed by atoms with Gasteiger partial charge in [0.1, 0.15) is 11.3 Å². The summed E-state index contributed by atoms with van der Waals surface area (Å²) in [6, 6.07) is 5.58. The van der Waals surface area contributed by atoms with Crippen molar-refractivity contribution in [2.45, 2.75) is 51.5 Å². The molecule has 1 aliphatic rings. The number of carbonyl (C=O) groups is 1. The predicted molar refractivity (Wildman–Crippen MR) is 101 cm³/mol. The van der Waals surface area contributed by atoms with E-state index < -0.39 is 0 Å². The molecule has 2 aromatic rings. The molecule has 6 nitrogen and oxygen atoms in total. The van der Waals surface area contributed by atoms with Crippen molar-refractivity contribution in [2.24, 2.45) is 5.92 Å². The molecule has 0 aliphatic heterocycles. The Morgan fingerprint density at radius 1 is 1.44 bits per heavy atom. The quantitative estimate of drug-likeness (QED) is 0.686. The van der Waals surface area contributed by atoms with Gasteiger partial charge in [-0.2, -0.15) is 0 Å². The fourth-order valence-electron chi connectivity index (χ4n) is 3.04. The Balaban J connectivity index is 1.82. The number of nitrogens with zero attached hydrogens (tertiary/aromatic N) is 2. The molecular formula is C19H27N5O. The summed E-state index contributed by atoms with van der Waals surface area (Å²) in [5, 5.41) is 6.70. The zero-order chi connectivity index (χ0) is 17.9. The van der Waals surface area contributed by atoms with Gasteiger partial charge < -0.3 is 16.4 Å². The number of hydrogen-bond acceptors (Lipinski definition) is 5. The number of anilines is 2. The van der Waals surface area contributed by atoms with Crippen molar-refractivity contribution in [2.75, 3.05) is 17.6 Å². The first kappa shape index (κ1) is 17.5. The van der Waals surface area contributed by atoms with Crippen LogP contribution in [0.15, 0.2) is 24.4 Å². The van der Waals surface area contributed by atoms with Crippen molar-refractivity contribution in [1.82, 2.24) is 15.3 Å². The van der Waals surface area contributed by atoms with E-state index in [1.54, 1.807) is 6.20 Å². The van der Waals surface area contributed by atoms with Gasteiger partial charge >= 0.3 is 0 Å². The first-order valence-electron chi connectivity index (χ1n) is 9.08. The van der Waals surface area contributed by atoms with Crippen molar-refractivity contribution >= 4 is 28.4 Å². The number of nitrogens with one attached hydrogen (secondary N) is 2. The van der Waals surface area contributed by atoms with E-state index in [1.807, 2.05) is 18.2 Å². The van der Waals surface area contributed by atoms with E-state index in [9.17, 15) is 4.79 Å². The van der Waals surface area contributed by atoms with Crippen LogP contribution in [0, 0.1) is 5.92 Å². The van der Waals surface area contributed by atoms with E-state index in [-0.39, 0.29) is 17.4 Å². The van der Waals surface area contributed by atoms with Gasteiger partial charge in [0.15, 0.2) is 0 Å². The van der Waals surface area contributed by atoms with Crippen molar-refractivity contribution in [3.8, 4) is 0 Å². The molecule has 1 fully saturated rings. The van der Waals surface area contributed by atoms with Crippen molar-refractivity contribution in [3.05, 3.63) is 24.4 Å². The average molecular weight is 341 g/mol. The molecule has 1 atom stereocenters. The fraction of sp³-hybridized carbons (Fsp3) is 0.526. The second-order valence-electron chi connectivity index (χ2n) is 7.25. The highest BCUT2D eigenvalue weighted by Crippen LogP contribution is 2.30. The SMILES string of the molecule is CCCCC(C)(CNC(=O)C1CC1)Nc1cc(N)nc2cccnc12. The van der Waals surface area contributed by atoms with Gasteiger partial charge in [-0.15, -0.1) is 0 Å². The zero-order valence-corrected chi connectivity index (χ0v) is 15.0. The Morgan fingerprint density at radius 2 is 2.24 bits per heavy atom. The van der Waals surface area contributed by atoms with E-state index in [4.69, 9.17) is 5.73 Å². The maximum absolute atomic E-state index is 12.1. The Hall–Kier alpha value is -2.37. The summed E-state index contributed by atoms with van der Waals surface area (Å²) in [7, 11) is 0. The Morgan fingerprint density at radius 3 is 2.96 bits per heavy atom. The molecule has 6 heteroatoms. The normalized spacial score (nSPS) is 16.4. The molecular weight excluding hydrogens is 314 g/mol. The summed E-state index contributed by atoms with van der Waals surface area (Å²) in [5.74, 6) is 0.846. The molecule has 4 N–H and O–H groups in total. The highest BCUT2D eigenvalue weighted by atomic mass is 16.2. The van der Waals surface area contributed by atoms with E-state index in [2.05, 4.69) is 34.4 Å². The van der Waals surface area contributed by atoms with Gasteiger partial charge in [-0.05, 0) is 38.3 Å². The molecule has 1 aliphatic carbocycles. The molecule has 0 spiro atoms. The smallest absolute Gasteiger partial charge is 0.223 e.